The third-order valence-corrected chi connectivity index (χ3v) is 7.87. The van der Waals surface area contributed by atoms with Crippen molar-refractivity contribution in [2.75, 3.05) is 33.1 Å². The van der Waals surface area contributed by atoms with Crippen molar-refractivity contribution in [3.8, 4) is 5.75 Å². The second kappa shape index (κ2) is 11.6. The number of aliphatic carboxylic acids is 2. The van der Waals surface area contributed by atoms with Crippen molar-refractivity contribution in [2.24, 2.45) is 17.6 Å². The van der Waals surface area contributed by atoms with Crippen LogP contribution < -0.4 is 10.6 Å². The summed E-state index contributed by atoms with van der Waals surface area (Å²) in [4.78, 5) is 61.5. The number of Topliss-reactive ketones (excluding diaryl/α,β-unsaturated/α-hetero) is 2. The topological polar surface area (TPSA) is 280 Å². The zero-order valence-electron chi connectivity index (χ0n) is 23.5. The molecule has 0 radical (unpaired) electrons. The number of ketones is 2. The van der Waals surface area contributed by atoms with Gasteiger partial charge in [-0.25, -0.2) is 9.59 Å². The number of amides is 1. The first-order valence-electron chi connectivity index (χ1n) is 12.8. The standard InChI is InChI=1S/C23H27N3O7.C4H6O6/c1-25(2)12-5-6-13(27)15-10(12)7-9-8-11-17(26(3)4)19(29)16(22(24)32)21(31)23(11,33)20(30)14(9)18(15)28;5-1(3(7)8)2(6)4(9)10/h5-6,9,11,17,27,29-30,33H,7-8H2,1-4H3,(H2,24,32);1-2,5-6H,(H,7,8)(H,9,10)/t9-,11-,17-,23-;/m0./s1. The van der Waals surface area contributed by atoms with Crippen LogP contribution in [0.3, 0.4) is 0 Å². The molecule has 2 unspecified atom stereocenters. The molecule has 10 N–H and O–H groups in total. The number of nitrogens with two attached hydrogens (primary N) is 1. The van der Waals surface area contributed by atoms with Gasteiger partial charge in [0.25, 0.3) is 5.91 Å². The van der Waals surface area contributed by atoms with E-state index < -0.39 is 82.2 Å². The number of rotatable bonds is 6. The molecule has 0 heterocycles. The number of phenols is 1. The molecule has 43 heavy (non-hydrogen) atoms. The molecule has 6 atom stereocenters. The highest BCUT2D eigenvalue weighted by Crippen LogP contribution is 2.53. The second-order valence-corrected chi connectivity index (χ2v) is 10.9. The Kier molecular flexibility index (Phi) is 8.93. The maximum absolute atomic E-state index is 13.5. The smallest absolute Gasteiger partial charge is 0.335 e. The molecule has 0 aliphatic heterocycles. The number of aliphatic hydroxyl groups excluding tert-OH is 4. The average Bonchev–Trinajstić information content (AvgIpc) is 2.89. The Morgan fingerprint density at radius 2 is 1.51 bits per heavy atom. The number of aromatic hydroxyl groups is 1. The van der Waals surface area contributed by atoms with Gasteiger partial charge in [-0.2, -0.15) is 0 Å². The van der Waals surface area contributed by atoms with Gasteiger partial charge in [-0.15, -0.1) is 0 Å². The monoisotopic (exact) mass is 607 g/mol. The number of benzene rings is 1. The number of fused-ring (bicyclic) bond motifs is 3. The second-order valence-electron chi connectivity index (χ2n) is 10.9. The number of carboxylic acids is 2. The van der Waals surface area contributed by atoms with Crippen molar-refractivity contribution in [3.63, 3.8) is 0 Å². The molecule has 16 nitrogen and oxygen atoms in total. The first-order valence-corrected chi connectivity index (χ1v) is 12.8. The number of primary amides is 1. The molecule has 0 spiro atoms. The van der Waals surface area contributed by atoms with E-state index in [2.05, 4.69) is 0 Å². The van der Waals surface area contributed by atoms with Gasteiger partial charge in [0.05, 0.1) is 11.6 Å². The van der Waals surface area contributed by atoms with Crippen LogP contribution in [0.5, 0.6) is 5.75 Å². The number of aliphatic hydroxyl groups is 5. The SMILES string of the molecule is CN(C)c1ccc(O)c2c1C[C@H]1C[C@H]3[C@H](N(C)C)C(O)=C(C(N)=O)C(=O)[C@@]3(O)C(O)=C1C2=O.O=C(O)C(O)C(O)C(=O)O. The summed E-state index contributed by atoms with van der Waals surface area (Å²) in [5.74, 6) is -10.1. The normalized spacial score (nSPS) is 26.0. The van der Waals surface area contributed by atoms with E-state index in [9.17, 15) is 44.4 Å². The Balaban J connectivity index is 0.000000436. The number of anilines is 1. The van der Waals surface area contributed by atoms with Gasteiger partial charge in [-0.3, -0.25) is 19.3 Å². The maximum atomic E-state index is 13.5. The third-order valence-electron chi connectivity index (χ3n) is 7.87. The van der Waals surface area contributed by atoms with Gasteiger partial charge in [0, 0.05) is 31.3 Å². The largest absolute Gasteiger partial charge is 0.510 e. The minimum absolute atomic E-state index is 0.00184. The lowest BCUT2D eigenvalue weighted by atomic mass is 9.58. The number of hydrogen-bond donors (Lipinski definition) is 9. The van der Waals surface area contributed by atoms with Gasteiger partial charge < -0.3 is 51.5 Å². The number of carboxylic acid groups (broad SMARTS) is 2. The van der Waals surface area contributed by atoms with Gasteiger partial charge in [-0.05, 0) is 50.6 Å². The Labute approximate surface area is 244 Å². The van der Waals surface area contributed by atoms with Gasteiger partial charge in [-0.1, -0.05) is 0 Å². The van der Waals surface area contributed by atoms with Crippen molar-refractivity contribution < 1.29 is 64.8 Å². The fourth-order valence-electron chi connectivity index (χ4n) is 5.92. The molecule has 0 saturated heterocycles. The fraction of sp³-hybridized carbons (Fsp3) is 0.444. The summed E-state index contributed by atoms with van der Waals surface area (Å²) in [6.07, 6.45) is -4.21. The molecule has 3 aliphatic rings. The molecule has 1 amide bonds. The quantitative estimate of drug-likeness (QED) is 0.159. The summed E-state index contributed by atoms with van der Waals surface area (Å²) in [6.45, 7) is 0. The molecular formula is C27H33N3O13. The van der Waals surface area contributed by atoms with Gasteiger partial charge >= 0.3 is 11.9 Å². The van der Waals surface area contributed by atoms with E-state index in [4.69, 9.17) is 26.2 Å². The number of likely N-dealkylation sites (N-methyl/N-ethyl adjacent to an activating group) is 1. The highest BCUT2D eigenvalue weighted by atomic mass is 16.4. The highest BCUT2D eigenvalue weighted by Gasteiger charge is 2.63. The summed E-state index contributed by atoms with van der Waals surface area (Å²) in [5, 5.41) is 76.4. The number of nitrogens with zero attached hydrogens (tertiary/aromatic N) is 2. The molecule has 1 aromatic rings. The van der Waals surface area contributed by atoms with Crippen LogP contribution in [-0.2, 0) is 25.6 Å². The van der Waals surface area contributed by atoms with Crippen LogP contribution in [0, 0.1) is 11.8 Å². The first kappa shape index (κ1) is 33.0. The Bertz CT molecular complexity index is 1450. The lowest BCUT2D eigenvalue weighted by Crippen LogP contribution is -2.63. The van der Waals surface area contributed by atoms with Crippen LogP contribution in [-0.4, -0.2) is 127 Å². The number of carbonyl (C=O) groups is 5. The number of phenolic OH excluding ortho intramolecular Hbond substituents is 1. The molecule has 0 saturated carbocycles. The fourth-order valence-corrected chi connectivity index (χ4v) is 5.92. The van der Waals surface area contributed by atoms with Crippen LogP contribution >= 0.6 is 0 Å². The summed E-state index contributed by atoms with van der Waals surface area (Å²) in [6, 6.07) is 2.06. The van der Waals surface area contributed by atoms with E-state index >= 15 is 0 Å². The molecule has 0 fully saturated rings. The molecule has 16 heteroatoms. The van der Waals surface area contributed by atoms with Crippen molar-refractivity contribution in [2.45, 2.75) is 36.7 Å². The van der Waals surface area contributed by atoms with Crippen LogP contribution in [0.25, 0.3) is 0 Å². The zero-order chi connectivity index (χ0) is 32.9. The van der Waals surface area contributed by atoms with E-state index in [1.165, 1.54) is 11.0 Å². The van der Waals surface area contributed by atoms with Gasteiger partial charge in [0.2, 0.25) is 5.78 Å². The van der Waals surface area contributed by atoms with E-state index in [1.54, 1.807) is 39.2 Å². The van der Waals surface area contributed by atoms with Crippen LogP contribution in [0.1, 0.15) is 22.3 Å². The molecule has 4 rings (SSSR count). The number of hydrogen-bond acceptors (Lipinski definition) is 13. The van der Waals surface area contributed by atoms with Crippen molar-refractivity contribution in [3.05, 3.63) is 45.9 Å². The van der Waals surface area contributed by atoms with Crippen LogP contribution in [0.2, 0.25) is 0 Å². The predicted molar refractivity (Wildman–Crippen MR) is 145 cm³/mol. The Morgan fingerprint density at radius 3 is 1.95 bits per heavy atom. The molecule has 0 aromatic heterocycles. The van der Waals surface area contributed by atoms with E-state index in [1.807, 2.05) is 0 Å². The minimum Gasteiger partial charge on any atom is -0.510 e. The van der Waals surface area contributed by atoms with E-state index in [0.29, 0.717) is 5.56 Å². The highest BCUT2D eigenvalue weighted by molar-refractivity contribution is 6.24. The Hall–Kier alpha value is -4.51. The maximum Gasteiger partial charge on any atom is 0.335 e. The average molecular weight is 608 g/mol. The van der Waals surface area contributed by atoms with Crippen LogP contribution in [0.15, 0.2) is 34.8 Å². The molecular weight excluding hydrogens is 574 g/mol. The van der Waals surface area contributed by atoms with Crippen molar-refractivity contribution >= 4 is 35.1 Å². The van der Waals surface area contributed by atoms with Gasteiger partial charge in [0.1, 0.15) is 22.8 Å². The summed E-state index contributed by atoms with van der Waals surface area (Å²) in [5.41, 5.74) is 3.02. The van der Waals surface area contributed by atoms with E-state index in [-0.39, 0.29) is 29.7 Å². The third kappa shape index (κ3) is 5.29. The summed E-state index contributed by atoms with van der Waals surface area (Å²) >= 11 is 0. The van der Waals surface area contributed by atoms with Crippen molar-refractivity contribution in [1.82, 2.24) is 4.90 Å². The lowest BCUT2D eigenvalue weighted by Gasteiger charge is -2.50. The van der Waals surface area contributed by atoms with Gasteiger partial charge in [0.15, 0.2) is 23.6 Å². The number of carbonyl (C=O) groups excluding carboxylic acids is 3. The Morgan fingerprint density at radius 1 is 0.977 bits per heavy atom. The molecule has 234 valence electrons. The lowest BCUT2D eigenvalue weighted by molar-refractivity contribution is -0.165. The predicted octanol–water partition coefficient (Wildman–Crippen LogP) is -1.94. The summed E-state index contributed by atoms with van der Waals surface area (Å²) in [7, 11) is 6.79. The minimum atomic E-state index is -2.63. The van der Waals surface area contributed by atoms with E-state index in [0.717, 1.165) is 5.69 Å². The molecule has 3 aliphatic carbocycles. The van der Waals surface area contributed by atoms with Crippen LogP contribution in [0.4, 0.5) is 5.69 Å². The van der Waals surface area contributed by atoms with Crippen molar-refractivity contribution in [1.29, 1.82) is 0 Å². The first-order chi connectivity index (χ1) is 19.8. The summed E-state index contributed by atoms with van der Waals surface area (Å²) < 4.78 is 0. The molecule has 0 bridgehead atoms. The molecule has 1 aromatic carbocycles. The zero-order valence-corrected chi connectivity index (χ0v) is 23.5. The number of allylic oxidation sites excluding steroid dienone is 1.